The largest absolute Gasteiger partial charge is 0.507 e. The van der Waals surface area contributed by atoms with Crippen molar-refractivity contribution in [1.29, 1.82) is 0 Å². The van der Waals surface area contributed by atoms with Crippen molar-refractivity contribution in [3.8, 4) is 5.75 Å². The van der Waals surface area contributed by atoms with Gasteiger partial charge in [-0.25, -0.2) is 15.8 Å². The number of hydrogen-bond acceptors (Lipinski definition) is 6. The Morgan fingerprint density at radius 3 is 2.18 bits per heavy atom. The van der Waals surface area contributed by atoms with Crippen LogP contribution in [0.25, 0.3) is 11.0 Å². The minimum Gasteiger partial charge on any atom is -0.507 e. The molecule has 0 unspecified atom stereocenters. The molecule has 0 saturated heterocycles. The third-order valence-electron chi connectivity index (χ3n) is 2.73. The summed E-state index contributed by atoms with van der Waals surface area (Å²) >= 11 is 5.79. The fourth-order valence-electron chi connectivity index (χ4n) is 1.66. The van der Waals surface area contributed by atoms with Crippen LogP contribution in [-0.2, 0) is 0 Å². The molecule has 3 rings (SSSR count). The van der Waals surface area contributed by atoms with Gasteiger partial charge in [0.05, 0.1) is 16.6 Å². The van der Waals surface area contributed by atoms with Crippen molar-refractivity contribution in [1.82, 2.24) is 9.97 Å². The number of phenolic OH excluding ortho intramolecular Hbond substituents is 1. The Bertz CT molecular complexity index is 795. The number of nitrogens with two attached hydrogens (primary N) is 1. The monoisotopic (exact) mass is 316 g/mol. The lowest BCUT2D eigenvalue weighted by Crippen LogP contribution is -2.09. The number of aldehydes is 1. The summed E-state index contributed by atoms with van der Waals surface area (Å²) in [6.45, 7) is 0. The van der Waals surface area contributed by atoms with E-state index in [-0.39, 0.29) is 10.9 Å². The Morgan fingerprint density at radius 1 is 1.05 bits per heavy atom. The number of rotatable bonds is 2. The fourth-order valence-corrected chi connectivity index (χ4v) is 1.85. The molecule has 2 aromatic carbocycles. The Morgan fingerprint density at radius 2 is 1.64 bits per heavy atom. The van der Waals surface area contributed by atoms with Gasteiger partial charge in [-0.05, 0) is 24.3 Å². The van der Waals surface area contributed by atoms with Crippen LogP contribution in [0.5, 0.6) is 5.75 Å². The number of carbonyl (C=O) groups excluding carboxylic acids is 1. The van der Waals surface area contributed by atoms with Crippen LogP contribution in [0.3, 0.4) is 0 Å². The minimum atomic E-state index is 0.0347. The van der Waals surface area contributed by atoms with Gasteiger partial charge >= 0.3 is 0 Å². The van der Waals surface area contributed by atoms with E-state index in [4.69, 9.17) is 22.6 Å². The lowest BCUT2D eigenvalue weighted by atomic mass is 10.2. The van der Waals surface area contributed by atoms with Crippen LogP contribution >= 0.6 is 11.6 Å². The number of halogens is 1. The second-order valence-corrected chi connectivity index (χ2v) is 4.53. The maximum absolute atomic E-state index is 10.1. The first kappa shape index (κ1) is 15.7. The fraction of sp³-hybridized carbons (Fsp3) is 0. The maximum Gasteiger partial charge on any atom is 0.178 e. The van der Waals surface area contributed by atoms with Crippen LogP contribution in [0.15, 0.2) is 48.5 Å². The highest BCUT2D eigenvalue weighted by atomic mass is 35.5. The first-order chi connectivity index (χ1) is 10.7. The molecule has 22 heavy (non-hydrogen) atoms. The Labute approximate surface area is 131 Å². The zero-order chi connectivity index (χ0) is 15.9. The number of para-hydroxylation sites is 3. The summed E-state index contributed by atoms with van der Waals surface area (Å²) in [7, 11) is 0. The summed E-state index contributed by atoms with van der Waals surface area (Å²) in [6.07, 6.45) is 0.620. The van der Waals surface area contributed by atoms with E-state index in [0.29, 0.717) is 17.7 Å². The molecule has 0 aliphatic carbocycles. The molecule has 0 radical (unpaired) electrons. The van der Waals surface area contributed by atoms with Crippen LogP contribution in [-0.4, -0.2) is 21.4 Å². The maximum atomic E-state index is 10.1. The van der Waals surface area contributed by atoms with Crippen molar-refractivity contribution in [2.75, 3.05) is 5.43 Å². The van der Waals surface area contributed by atoms with Gasteiger partial charge in [0.2, 0.25) is 0 Å². The third kappa shape index (κ3) is 3.69. The second-order valence-electron chi connectivity index (χ2n) is 4.17. The molecular formula is C15H13ClN4O2. The van der Waals surface area contributed by atoms with E-state index in [1.165, 1.54) is 6.07 Å². The number of benzene rings is 2. The molecule has 1 aromatic heterocycles. The molecule has 7 heteroatoms. The highest BCUT2D eigenvalue weighted by molar-refractivity contribution is 6.32. The molecule has 0 atom stereocenters. The van der Waals surface area contributed by atoms with Gasteiger partial charge in [0.25, 0.3) is 0 Å². The van der Waals surface area contributed by atoms with Gasteiger partial charge in [-0.3, -0.25) is 4.79 Å². The predicted molar refractivity (Wildman–Crippen MR) is 85.9 cm³/mol. The average molecular weight is 317 g/mol. The van der Waals surface area contributed by atoms with Gasteiger partial charge in [-0.2, -0.15) is 0 Å². The van der Waals surface area contributed by atoms with Gasteiger partial charge in [-0.15, -0.1) is 0 Å². The van der Waals surface area contributed by atoms with Gasteiger partial charge in [0.15, 0.2) is 17.3 Å². The lowest BCUT2D eigenvalue weighted by molar-refractivity contribution is 0.112. The van der Waals surface area contributed by atoms with Crippen molar-refractivity contribution >= 4 is 34.7 Å². The van der Waals surface area contributed by atoms with Crippen molar-refractivity contribution < 1.29 is 9.90 Å². The van der Waals surface area contributed by atoms with Gasteiger partial charge in [0, 0.05) is 0 Å². The standard InChI is InChI=1S/C8H7ClN4.C7H6O2/c9-7-8(13-10)12-6-4-2-1-3-5(6)11-7;8-5-6-3-1-2-4-7(6)9/h1-4H,10H2,(H,12,13);1-5,9H. The summed E-state index contributed by atoms with van der Waals surface area (Å²) in [5.41, 5.74) is 4.23. The number of nitrogens with zero attached hydrogens (tertiary/aromatic N) is 2. The molecule has 0 aliphatic rings. The quantitative estimate of drug-likeness (QED) is 0.382. The number of aromatic hydroxyl groups is 1. The number of fused-ring (bicyclic) bond motifs is 1. The van der Waals surface area contributed by atoms with Gasteiger partial charge in [0.1, 0.15) is 5.75 Å². The first-order valence-corrected chi connectivity index (χ1v) is 6.65. The van der Waals surface area contributed by atoms with Crippen molar-refractivity contribution in [2.45, 2.75) is 0 Å². The molecule has 112 valence electrons. The van der Waals surface area contributed by atoms with E-state index in [1.807, 2.05) is 24.3 Å². The molecule has 4 N–H and O–H groups in total. The number of hydrazine groups is 1. The predicted octanol–water partition coefficient (Wildman–Crippen LogP) is 2.77. The van der Waals surface area contributed by atoms with Gasteiger partial charge < -0.3 is 10.5 Å². The van der Waals surface area contributed by atoms with Crippen LogP contribution in [0.2, 0.25) is 5.15 Å². The molecule has 6 nitrogen and oxygen atoms in total. The van der Waals surface area contributed by atoms with Crippen LogP contribution < -0.4 is 11.3 Å². The number of nitrogen functional groups attached to an aromatic ring is 1. The zero-order valence-electron chi connectivity index (χ0n) is 11.4. The van der Waals surface area contributed by atoms with E-state index >= 15 is 0 Å². The number of anilines is 1. The topological polar surface area (TPSA) is 101 Å². The number of hydrogen-bond donors (Lipinski definition) is 3. The van der Waals surface area contributed by atoms with E-state index in [9.17, 15) is 4.79 Å². The summed E-state index contributed by atoms with van der Waals surface area (Å²) in [5.74, 6) is 5.63. The number of aromatic nitrogens is 2. The smallest absolute Gasteiger partial charge is 0.178 e. The van der Waals surface area contributed by atoms with Crippen LogP contribution in [0.1, 0.15) is 10.4 Å². The number of nitrogens with one attached hydrogen (secondary N) is 1. The van der Waals surface area contributed by atoms with Crippen LogP contribution in [0, 0.1) is 0 Å². The summed E-state index contributed by atoms with van der Waals surface area (Å²) in [6, 6.07) is 13.8. The van der Waals surface area contributed by atoms with Crippen LogP contribution in [0.4, 0.5) is 5.82 Å². The molecule has 0 amide bonds. The van der Waals surface area contributed by atoms with Crippen molar-refractivity contribution in [2.24, 2.45) is 5.84 Å². The highest BCUT2D eigenvalue weighted by Gasteiger charge is 2.03. The Balaban J connectivity index is 0.000000172. The Kier molecular flexibility index (Phi) is 5.24. The third-order valence-corrected chi connectivity index (χ3v) is 2.99. The van der Waals surface area contributed by atoms with E-state index in [1.54, 1.807) is 18.2 Å². The van der Waals surface area contributed by atoms with E-state index < -0.39 is 0 Å². The molecule has 0 saturated carbocycles. The van der Waals surface area contributed by atoms with Crippen molar-refractivity contribution in [3.05, 3.63) is 59.2 Å². The second kappa shape index (κ2) is 7.35. The molecule has 0 aliphatic heterocycles. The van der Waals surface area contributed by atoms with E-state index in [2.05, 4.69) is 15.4 Å². The summed E-state index contributed by atoms with van der Waals surface area (Å²) in [5, 5.41) is 9.16. The highest BCUT2D eigenvalue weighted by Crippen LogP contribution is 2.19. The molecule has 0 fully saturated rings. The average Bonchev–Trinajstić information content (AvgIpc) is 2.55. The normalized spacial score (nSPS) is 9.73. The SMILES string of the molecule is NNc1nc2ccccc2nc1Cl.O=Cc1ccccc1O. The van der Waals surface area contributed by atoms with Gasteiger partial charge in [-0.1, -0.05) is 35.9 Å². The lowest BCUT2D eigenvalue weighted by Gasteiger charge is -2.02. The summed E-state index contributed by atoms with van der Waals surface area (Å²) < 4.78 is 0. The minimum absolute atomic E-state index is 0.0347. The number of phenols is 1. The molecule has 3 aromatic rings. The first-order valence-electron chi connectivity index (χ1n) is 6.27. The zero-order valence-corrected chi connectivity index (χ0v) is 12.2. The van der Waals surface area contributed by atoms with E-state index in [0.717, 1.165) is 11.0 Å². The van der Waals surface area contributed by atoms with Crippen molar-refractivity contribution in [3.63, 3.8) is 0 Å². The Hall–Kier alpha value is -2.70. The molecular weight excluding hydrogens is 304 g/mol. The summed E-state index contributed by atoms with van der Waals surface area (Å²) in [4.78, 5) is 18.3. The number of carbonyl (C=O) groups is 1. The molecule has 0 spiro atoms. The molecule has 0 bridgehead atoms. The molecule has 1 heterocycles.